The first kappa shape index (κ1) is 15.3. The predicted molar refractivity (Wildman–Crippen MR) is 94.5 cm³/mol. The van der Waals surface area contributed by atoms with E-state index in [0.717, 1.165) is 16.7 Å². The lowest BCUT2D eigenvalue weighted by molar-refractivity contribution is 0.454. The van der Waals surface area contributed by atoms with Gasteiger partial charge in [-0.05, 0) is 31.0 Å². The summed E-state index contributed by atoms with van der Waals surface area (Å²) < 4.78 is 0. The molecule has 3 aromatic carbocycles. The van der Waals surface area contributed by atoms with Gasteiger partial charge in [0.1, 0.15) is 5.75 Å². The zero-order valence-electron chi connectivity index (χ0n) is 13.5. The van der Waals surface area contributed by atoms with E-state index in [1.807, 2.05) is 67.6 Å². The average molecular weight is 303 g/mol. The number of benzene rings is 3. The number of hydrogen-bond donors (Lipinski definition) is 2. The summed E-state index contributed by atoms with van der Waals surface area (Å²) in [5.41, 5.74) is 11.0. The summed E-state index contributed by atoms with van der Waals surface area (Å²) in [4.78, 5) is 0. The second-order valence-electron chi connectivity index (χ2n) is 6.06. The Morgan fingerprint density at radius 1 is 0.739 bits per heavy atom. The highest BCUT2D eigenvalue weighted by molar-refractivity contribution is 5.54. The normalized spacial score (nSPS) is 13.5. The van der Waals surface area contributed by atoms with E-state index >= 15 is 0 Å². The maximum atomic E-state index is 10.4. The first-order chi connectivity index (χ1) is 11.0. The number of aryl methyl sites for hydroxylation is 2. The van der Waals surface area contributed by atoms with Gasteiger partial charge < -0.3 is 10.8 Å². The molecule has 0 amide bonds. The van der Waals surface area contributed by atoms with Crippen LogP contribution in [0, 0.1) is 13.8 Å². The SMILES string of the molecule is Cc1ccc([C@](N)(c2cccc(C)c2)c2ccccc2O)cc1. The average Bonchev–Trinajstić information content (AvgIpc) is 2.55. The first-order valence-electron chi connectivity index (χ1n) is 7.73. The van der Waals surface area contributed by atoms with Gasteiger partial charge in [-0.1, -0.05) is 77.9 Å². The highest BCUT2D eigenvalue weighted by Gasteiger charge is 2.34. The van der Waals surface area contributed by atoms with Crippen LogP contribution in [0.1, 0.15) is 27.8 Å². The Labute approximate surface area is 137 Å². The molecule has 0 aliphatic carbocycles. The minimum absolute atomic E-state index is 0.206. The summed E-state index contributed by atoms with van der Waals surface area (Å²) >= 11 is 0. The second kappa shape index (κ2) is 5.90. The van der Waals surface area contributed by atoms with E-state index in [-0.39, 0.29) is 5.75 Å². The van der Waals surface area contributed by atoms with Gasteiger partial charge in [0.05, 0.1) is 5.54 Å². The number of hydrogen-bond acceptors (Lipinski definition) is 2. The van der Waals surface area contributed by atoms with Crippen LogP contribution in [0.15, 0.2) is 72.8 Å². The molecule has 0 unspecified atom stereocenters. The van der Waals surface area contributed by atoms with Gasteiger partial charge >= 0.3 is 0 Å². The molecule has 0 saturated heterocycles. The Kier molecular flexibility index (Phi) is 3.93. The Morgan fingerprint density at radius 2 is 1.43 bits per heavy atom. The van der Waals surface area contributed by atoms with Crippen LogP contribution in [0.4, 0.5) is 0 Å². The predicted octanol–water partition coefficient (Wildman–Crippen LogP) is 4.26. The van der Waals surface area contributed by atoms with E-state index in [1.165, 1.54) is 5.56 Å². The largest absolute Gasteiger partial charge is 0.508 e. The number of rotatable bonds is 3. The minimum atomic E-state index is -0.898. The van der Waals surface area contributed by atoms with Crippen molar-refractivity contribution in [3.63, 3.8) is 0 Å². The van der Waals surface area contributed by atoms with Gasteiger partial charge in [0.15, 0.2) is 0 Å². The summed E-state index contributed by atoms with van der Waals surface area (Å²) in [7, 11) is 0. The van der Waals surface area contributed by atoms with Crippen LogP contribution in [0.25, 0.3) is 0 Å². The Hall–Kier alpha value is -2.58. The lowest BCUT2D eigenvalue weighted by atomic mass is 9.77. The van der Waals surface area contributed by atoms with Crippen LogP contribution in [0.3, 0.4) is 0 Å². The van der Waals surface area contributed by atoms with E-state index in [1.54, 1.807) is 6.07 Å². The van der Waals surface area contributed by atoms with Gasteiger partial charge in [0.2, 0.25) is 0 Å². The molecular weight excluding hydrogens is 282 g/mol. The molecule has 116 valence electrons. The first-order valence-corrected chi connectivity index (χ1v) is 7.73. The lowest BCUT2D eigenvalue weighted by Crippen LogP contribution is -2.39. The highest BCUT2D eigenvalue weighted by atomic mass is 16.3. The maximum absolute atomic E-state index is 10.4. The van der Waals surface area contributed by atoms with Gasteiger partial charge in [0.25, 0.3) is 0 Å². The summed E-state index contributed by atoms with van der Waals surface area (Å²) in [6.07, 6.45) is 0. The molecule has 3 aromatic rings. The molecule has 1 atom stereocenters. The molecule has 2 nitrogen and oxygen atoms in total. The Morgan fingerprint density at radius 3 is 2.09 bits per heavy atom. The van der Waals surface area contributed by atoms with Gasteiger partial charge in [-0.25, -0.2) is 0 Å². The standard InChI is InChI=1S/C21H21NO/c1-15-10-12-17(13-11-15)21(22,18-7-5-6-16(2)14-18)19-8-3-4-9-20(19)23/h3-14,23H,22H2,1-2H3/t21-/m0/s1. The molecule has 0 bridgehead atoms. The van der Waals surface area contributed by atoms with Crippen molar-refractivity contribution >= 4 is 0 Å². The topological polar surface area (TPSA) is 46.2 Å². The molecule has 0 aromatic heterocycles. The molecule has 0 aliphatic rings. The zero-order chi connectivity index (χ0) is 16.4. The Bertz CT molecular complexity index is 823. The fourth-order valence-corrected chi connectivity index (χ4v) is 2.99. The fourth-order valence-electron chi connectivity index (χ4n) is 2.99. The molecule has 23 heavy (non-hydrogen) atoms. The third kappa shape index (κ3) is 2.73. The van der Waals surface area contributed by atoms with Crippen molar-refractivity contribution in [1.82, 2.24) is 0 Å². The summed E-state index contributed by atoms with van der Waals surface area (Å²) in [6, 6.07) is 23.6. The van der Waals surface area contributed by atoms with Gasteiger partial charge in [0, 0.05) is 5.56 Å². The number of phenols is 1. The molecule has 0 saturated carbocycles. The lowest BCUT2D eigenvalue weighted by Gasteiger charge is -2.32. The monoisotopic (exact) mass is 303 g/mol. The van der Waals surface area contributed by atoms with Crippen molar-refractivity contribution in [2.75, 3.05) is 0 Å². The molecule has 0 spiro atoms. The smallest absolute Gasteiger partial charge is 0.121 e. The van der Waals surface area contributed by atoms with E-state index in [2.05, 4.69) is 13.0 Å². The summed E-state index contributed by atoms with van der Waals surface area (Å²) in [6.45, 7) is 4.10. The van der Waals surface area contributed by atoms with E-state index < -0.39 is 5.54 Å². The molecule has 0 radical (unpaired) electrons. The second-order valence-corrected chi connectivity index (χ2v) is 6.06. The summed E-state index contributed by atoms with van der Waals surface area (Å²) in [5, 5.41) is 10.4. The molecule has 0 fully saturated rings. The van der Waals surface area contributed by atoms with Crippen molar-refractivity contribution in [2.45, 2.75) is 19.4 Å². The van der Waals surface area contributed by atoms with Crippen LogP contribution < -0.4 is 5.73 Å². The van der Waals surface area contributed by atoms with Gasteiger partial charge in [-0.15, -0.1) is 0 Å². The van der Waals surface area contributed by atoms with E-state index in [9.17, 15) is 5.11 Å². The van der Waals surface area contributed by atoms with Crippen molar-refractivity contribution < 1.29 is 5.11 Å². The molecular formula is C21H21NO. The van der Waals surface area contributed by atoms with Crippen molar-refractivity contribution in [2.24, 2.45) is 5.73 Å². The van der Waals surface area contributed by atoms with Gasteiger partial charge in [-0.2, -0.15) is 0 Å². The van der Waals surface area contributed by atoms with Crippen molar-refractivity contribution in [3.8, 4) is 5.75 Å². The zero-order valence-corrected chi connectivity index (χ0v) is 13.5. The number of para-hydroxylation sites is 1. The van der Waals surface area contributed by atoms with Crippen molar-refractivity contribution in [3.05, 3.63) is 101 Å². The molecule has 0 aliphatic heterocycles. The number of phenolic OH excluding ortho intramolecular Hbond substituents is 1. The van der Waals surface area contributed by atoms with Crippen LogP contribution in [0.2, 0.25) is 0 Å². The quantitative estimate of drug-likeness (QED) is 0.710. The summed E-state index contributed by atoms with van der Waals surface area (Å²) in [5.74, 6) is 0.206. The van der Waals surface area contributed by atoms with Crippen LogP contribution in [-0.4, -0.2) is 5.11 Å². The van der Waals surface area contributed by atoms with E-state index in [4.69, 9.17) is 5.73 Å². The highest BCUT2D eigenvalue weighted by Crippen LogP contribution is 2.38. The number of aromatic hydroxyl groups is 1. The molecule has 0 heterocycles. The Balaban J connectivity index is 2.29. The molecule has 3 rings (SSSR count). The maximum Gasteiger partial charge on any atom is 0.121 e. The number of nitrogens with two attached hydrogens (primary N) is 1. The van der Waals surface area contributed by atoms with Crippen LogP contribution >= 0.6 is 0 Å². The van der Waals surface area contributed by atoms with Crippen LogP contribution in [0.5, 0.6) is 5.75 Å². The van der Waals surface area contributed by atoms with Crippen LogP contribution in [-0.2, 0) is 5.54 Å². The molecule has 3 N–H and O–H groups in total. The van der Waals surface area contributed by atoms with Crippen molar-refractivity contribution in [1.29, 1.82) is 0 Å². The fraction of sp³-hybridized carbons (Fsp3) is 0.143. The minimum Gasteiger partial charge on any atom is -0.508 e. The van der Waals surface area contributed by atoms with Gasteiger partial charge in [-0.3, -0.25) is 0 Å². The third-order valence-corrected chi connectivity index (χ3v) is 4.31. The third-order valence-electron chi connectivity index (χ3n) is 4.31. The van der Waals surface area contributed by atoms with E-state index in [0.29, 0.717) is 5.56 Å². The molecule has 2 heteroatoms.